The van der Waals surface area contributed by atoms with E-state index in [1.165, 1.54) is 0 Å². The lowest BCUT2D eigenvalue weighted by molar-refractivity contribution is -0.384. The number of imidazole rings is 1. The molecule has 2 saturated heterocycles. The summed E-state index contributed by atoms with van der Waals surface area (Å²) in [6.45, 7) is 4.68. The van der Waals surface area contributed by atoms with E-state index in [9.17, 15) is 15.4 Å². The summed E-state index contributed by atoms with van der Waals surface area (Å²) >= 11 is 0. The molecule has 5 rings (SSSR count). The number of morpholine rings is 2. The van der Waals surface area contributed by atoms with Crippen molar-refractivity contribution in [3.05, 3.63) is 57.9 Å². The highest BCUT2D eigenvalue weighted by atomic mass is 16.6. The van der Waals surface area contributed by atoms with Crippen molar-refractivity contribution < 1.29 is 14.4 Å². The van der Waals surface area contributed by atoms with Gasteiger partial charge in [-0.2, -0.15) is 5.26 Å². The predicted molar refractivity (Wildman–Crippen MR) is 129 cm³/mol. The lowest BCUT2D eigenvalue weighted by Crippen LogP contribution is -2.38. The number of para-hydroxylation sites is 2. The zero-order valence-corrected chi connectivity index (χ0v) is 18.6. The third-order valence-electron chi connectivity index (χ3n) is 6.09. The number of hydrogen-bond acceptors (Lipinski definition) is 8. The van der Waals surface area contributed by atoms with E-state index >= 15 is 0 Å². The largest absolute Gasteiger partial charge is 0.378 e. The smallest absolute Gasteiger partial charge is 0.293 e. The van der Waals surface area contributed by atoms with E-state index in [2.05, 4.69) is 20.9 Å². The molecule has 3 heterocycles. The topological polar surface area (TPSA) is 121 Å². The zero-order chi connectivity index (χ0) is 23.5. The Labute approximate surface area is 196 Å². The quantitative estimate of drug-likeness (QED) is 0.350. The molecular weight excluding hydrogens is 436 g/mol. The SMILES string of the molecule is N#C/C(=C\c1cc([N+](=O)[O-])c(N2CCOCC2)cc1N1CCOCC1)c1nc2ccccc2[nH]1. The summed E-state index contributed by atoms with van der Waals surface area (Å²) in [4.78, 5) is 23.5. The highest BCUT2D eigenvalue weighted by Crippen LogP contribution is 2.38. The zero-order valence-electron chi connectivity index (χ0n) is 18.6. The number of nitriles is 1. The Morgan fingerprint density at radius 2 is 1.71 bits per heavy atom. The second-order valence-corrected chi connectivity index (χ2v) is 8.13. The number of nitrogens with zero attached hydrogens (tertiary/aromatic N) is 5. The van der Waals surface area contributed by atoms with Gasteiger partial charge in [0.25, 0.3) is 5.69 Å². The maximum absolute atomic E-state index is 12.1. The Kier molecular flexibility index (Phi) is 6.12. The molecule has 0 unspecified atom stereocenters. The Hall–Kier alpha value is -3.94. The first-order valence-electron chi connectivity index (χ1n) is 11.2. The van der Waals surface area contributed by atoms with Crippen LogP contribution in [0, 0.1) is 21.4 Å². The number of nitrogens with one attached hydrogen (secondary N) is 1. The number of nitro benzene ring substituents is 1. The van der Waals surface area contributed by atoms with Gasteiger partial charge < -0.3 is 24.3 Å². The fourth-order valence-corrected chi connectivity index (χ4v) is 4.37. The van der Waals surface area contributed by atoms with Crippen molar-refractivity contribution in [3.8, 4) is 6.07 Å². The Morgan fingerprint density at radius 1 is 1.06 bits per heavy atom. The molecule has 1 N–H and O–H groups in total. The number of ether oxygens (including phenoxy) is 2. The van der Waals surface area contributed by atoms with Gasteiger partial charge in [0.15, 0.2) is 0 Å². The van der Waals surface area contributed by atoms with Crippen LogP contribution in [0.5, 0.6) is 0 Å². The summed E-state index contributed by atoms with van der Waals surface area (Å²) in [5, 5.41) is 22.0. The molecule has 3 aromatic rings. The first kappa shape index (κ1) is 21.9. The second kappa shape index (κ2) is 9.51. The normalized spacial score (nSPS) is 17.1. The molecule has 2 aliphatic rings. The van der Waals surface area contributed by atoms with Crippen molar-refractivity contribution >= 4 is 39.7 Å². The Morgan fingerprint density at radius 3 is 2.32 bits per heavy atom. The Balaban J connectivity index is 1.65. The lowest BCUT2D eigenvalue weighted by atomic mass is 10.0. The van der Waals surface area contributed by atoms with Crippen LogP contribution < -0.4 is 9.80 Å². The molecule has 0 amide bonds. The predicted octanol–water partition coefficient (Wildman–Crippen LogP) is 3.21. The molecule has 0 aliphatic carbocycles. The van der Waals surface area contributed by atoms with Gasteiger partial charge in [-0.15, -0.1) is 0 Å². The minimum absolute atomic E-state index is 0.00653. The second-order valence-electron chi connectivity index (χ2n) is 8.13. The van der Waals surface area contributed by atoms with Gasteiger partial charge in [-0.25, -0.2) is 4.98 Å². The van der Waals surface area contributed by atoms with Crippen molar-refractivity contribution in [2.75, 3.05) is 62.4 Å². The number of allylic oxidation sites excluding steroid dienone is 1. The fourth-order valence-electron chi connectivity index (χ4n) is 4.37. The van der Waals surface area contributed by atoms with Gasteiger partial charge in [0.1, 0.15) is 17.6 Å². The first-order valence-corrected chi connectivity index (χ1v) is 11.2. The molecule has 0 spiro atoms. The average molecular weight is 460 g/mol. The molecule has 10 nitrogen and oxygen atoms in total. The minimum atomic E-state index is -0.363. The third-order valence-corrected chi connectivity index (χ3v) is 6.09. The molecule has 2 aromatic carbocycles. The van der Waals surface area contributed by atoms with Crippen LogP contribution in [0.4, 0.5) is 17.1 Å². The van der Waals surface area contributed by atoms with Gasteiger partial charge >= 0.3 is 0 Å². The van der Waals surface area contributed by atoms with Crippen molar-refractivity contribution in [2.45, 2.75) is 0 Å². The minimum Gasteiger partial charge on any atom is -0.378 e. The van der Waals surface area contributed by atoms with Crippen LogP contribution in [0.1, 0.15) is 11.4 Å². The maximum atomic E-state index is 12.1. The van der Waals surface area contributed by atoms with Gasteiger partial charge in [-0.05, 0) is 24.3 Å². The van der Waals surface area contributed by atoms with Crippen LogP contribution in [0.25, 0.3) is 22.7 Å². The molecular formula is C24H24N6O4. The number of aromatic amines is 1. The Bertz CT molecular complexity index is 1250. The third kappa shape index (κ3) is 4.31. The molecule has 34 heavy (non-hydrogen) atoms. The number of hydrogen-bond donors (Lipinski definition) is 1. The van der Waals surface area contributed by atoms with Crippen LogP contribution >= 0.6 is 0 Å². The van der Waals surface area contributed by atoms with Crippen LogP contribution in [0.2, 0.25) is 0 Å². The van der Waals surface area contributed by atoms with Crippen LogP contribution in [0.15, 0.2) is 36.4 Å². The molecule has 2 fully saturated rings. The summed E-state index contributed by atoms with van der Waals surface area (Å²) < 4.78 is 11.0. The van der Waals surface area contributed by atoms with Gasteiger partial charge in [0.05, 0.1) is 48.0 Å². The van der Waals surface area contributed by atoms with E-state index in [0.29, 0.717) is 75.3 Å². The van der Waals surface area contributed by atoms with Crippen molar-refractivity contribution in [1.82, 2.24) is 9.97 Å². The summed E-state index contributed by atoms with van der Waals surface area (Å²) in [5.41, 5.74) is 3.88. The molecule has 1 aromatic heterocycles. The number of aromatic nitrogens is 2. The van der Waals surface area contributed by atoms with Gasteiger partial charge in [0.2, 0.25) is 0 Å². The van der Waals surface area contributed by atoms with Crippen molar-refractivity contribution in [2.24, 2.45) is 0 Å². The van der Waals surface area contributed by atoms with E-state index < -0.39 is 0 Å². The lowest BCUT2D eigenvalue weighted by Gasteiger charge is -2.33. The molecule has 174 valence electrons. The molecule has 2 aliphatic heterocycles. The summed E-state index contributed by atoms with van der Waals surface area (Å²) in [6, 6.07) is 13.2. The molecule has 0 radical (unpaired) electrons. The standard InChI is InChI=1S/C24H24N6O4/c25-16-18(24-26-19-3-1-2-4-20(19)27-24)13-17-14-23(30(31)32)22(29-7-11-34-12-8-29)15-21(17)28-5-9-33-10-6-28/h1-4,13-15H,5-12H2,(H,26,27)/b18-13+. The monoisotopic (exact) mass is 460 g/mol. The van der Waals surface area contributed by atoms with Crippen LogP contribution in [-0.4, -0.2) is 67.5 Å². The van der Waals surface area contributed by atoms with Gasteiger partial charge in [0, 0.05) is 43.5 Å². The van der Waals surface area contributed by atoms with E-state index in [4.69, 9.17) is 9.47 Å². The van der Waals surface area contributed by atoms with Gasteiger partial charge in [-0.3, -0.25) is 10.1 Å². The van der Waals surface area contributed by atoms with Crippen molar-refractivity contribution in [1.29, 1.82) is 5.26 Å². The summed E-state index contributed by atoms with van der Waals surface area (Å²) in [5.74, 6) is 0.427. The van der Waals surface area contributed by atoms with Gasteiger partial charge in [-0.1, -0.05) is 12.1 Å². The fraction of sp³-hybridized carbons (Fsp3) is 0.333. The number of H-pyrrole nitrogens is 1. The molecule has 10 heteroatoms. The number of benzene rings is 2. The van der Waals surface area contributed by atoms with Crippen molar-refractivity contribution in [3.63, 3.8) is 0 Å². The van der Waals surface area contributed by atoms with Crippen LogP contribution in [0.3, 0.4) is 0 Å². The van der Waals surface area contributed by atoms with E-state index in [0.717, 1.165) is 16.7 Å². The average Bonchev–Trinajstić information content (AvgIpc) is 3.32. The maximum Gasteiger partial charge on any atom is 0.293 e. The summed E-state index contributed by atoms with van der Waals surface area (Å²) in [6.07, 6.45) is 1.68. The number of fused-ring (bicyclic) bond motifs is 1. The number of rotatable bonds is 5. The number of nitro groups is 1. The first-order chi connectivity index (χ1) is 16.6. The molecule has 0 saturated carbocycles. The van der Waals surface area contributed by atoms with E-state index in [1.54, 1.807) is 12.1 Å². The van der Waals surface area contributed by atoms with E-state index in [1.807, 2.05) is 35.2 Å². The molecule has 0 atom stereocenters. The van der Waals surface area contributed by atoms with E-state index in [-0.39, 0.29) is 10.6 Å². The number of anilines is 2. The highest BCUT2D eigenvalue weighted by Gasteiger charge is 2.26. The highest BCUT2D eigenvalue weighted by molar-refractivity contribution is 5.94. The van der Waals surface area contributed by atoms with Crippen LogP contribution in [-0.2, 0) is 9.47 Å². The molecule has 0 bridgehead atoms. The summed E-state index contributed by atoms with van der Waals surface area (Å²) in [7, 11) is 0.